The molecule has 0 spiro atoms. The zero-order valence-corrected chi connectivity index (χ0v) is 14.9. The number of hydrogen-bond acceptors (Lipinski definition) is 3. The lowest BCUT2D eigenvalue weighted by Gasteiger charge is -2.37. The van der Waals surface area contributed by atoms with Crippen molar-refractivity contribution in [1.29, 1.82) is 0 Å². The van der Waals surface area contributed by atoms with E-state index in [4.69, 9.17) is 4.74 Å². The number of nitrogens with zero attached hydrogens (tertiary/aromatic N) is 2. The van der Waals surface area contributed by atoms with Gasteiger partial charge in [0.15, 0.2) is 0 Å². The molecular weight excluding hydrogens is 308 g/mol. The van der Waals surface area contributed by atoms with Crippen LogP contribution in [0.25, 0.3) is 22.4 Å². The molecule has 1 aliphatic heterocycles. The molecule has 0 bridgehead atoms. The van der Waals surface area contributed by atoms with E-state index < -0.39 is 5.60 Å². The van der Waals surface area contributed by atoms with E-state index >= 15 is 0 Å². The Balaban J connectivity index is 1.90. The van der Waals surface area contributed by atoms with Crippen LogP contribution in [0.1, 0.15) is 44.4 Å². The van der Waals surface area contributed by atoms with Gasteiger partial charge in [0.05, 0.1) is 5.69 Å². The first-order valence-corrected chi connectivity index (χ1v) is 8.68. The first kappa shape index (κ1) is 14.6. The Bertz CT molecular complexity index is 1030. The van der Waals surface area contributed by atoms with Crippen molar-refractivity contribution in [3.8, 4) is 28.1 Å². The van der Waals surface area contributed by atoms with Gasteiger partial charge in [0.25, 0.3) is 0 Å². The van der Waals surface area contributed by atoms with E-state index in [1.807, 2.05) is 24.7 Å². The first-order valence-electron chi connectivity index (χ1n) is 8.68. The second-order valence-electron chi connectivity index (χ2n) is 7.92. The molecule has 0 atom stereocenters. The van der Waals surface area contributed by atoms with Crippen LogP contribution in [-0.4, -0.2) is 9.97 Å². The summed E-state index contributed by atoms with van der Waals surface area (Å²) >= 11 is 0. The van der Waals surface area contributed by atoms with Crippen molar-refractivity contribution in [1.82, 2.24) is 9.97 Å². The fourth-order valence-electron chi connectivity index (χ4n) is 4.46. The zero-order valence-electron chi connectivity index (χ0n) is 14.9. The number of fused-ring (bicyclic) bond motifs is 7. The van der Waals surface area contributed by atoms with Gasteiger partial charge in [0.2, 0.25) is 0 Å². The van der Waals surface area contributed by atoms with Crippen LogP contribution in [0.15, 0.2) is 48.9 Å². The Morgan fingerprint density at radius 3 is 2.56 bits per heavy atom. The van der Waals surface area contributed by atoms with Gasteiger partial charge in [0, 0.05) is 40.7 Å². The average molecular weight is 328 g/mol. The Hall–Kier alpha value is -2.68. The highest BCUT2D eigenvalue weighted by Gasteiger charge is 2.43. The smallest absolute Gasteiger partial charge is 0.130 e. The Kier molecular flexibility index (Phi) is 2.63. The number of aromatic nitrogens is 2. The summed E-state index contributed by atoms with van der Waals surface area (Å²) in [6.07, 6.45) is 5.68. The number of hydrogen-bond donors (Lipinski definition) is 0. The van der Waals surface area contributed by atoms with E-state index in [1.54, 1.807) is 0 Å². The molecular formula is C22H20N2O. The molecule has 3 nitrogen and oxygen atoms in total. The largest absolute Gasteiger partial charge is 0.482 e. The van der Waals surface area contributed by atoms with Crippen LogP contribution in [0.3, 0.4) is 0 Å². The van der Waals surface area contributed by atoms with Crippen molar-refractivity contribution in [3.05, 3.63) is 65.6 Å². The van der Waals surface area contributed by atoms with Gasteiger partial charge in [-0.2, -0.15) is 0 Å². The normalized spacial score (nSPS) is 17.8. The summed E-state index contributed by atoms with van der Waals surface area (Å²) in [5, 5.41) is 0. The molecule has 5 rings (SSSR count). The molecule has 2 aromatic heterocycles. The van der Waals surface area contributed by atoms with Gasteiger partial charge in [-0.05, 0) is 54.8 Å². The van der Waals surface area contributed by atoms with E-state index in [0.717, 1.165) is 17.0 Å². The lowest BCUT2D eigenvalue weighted by molar-refractivity contribution is 0.105. The van der Waals surface area contributed by atoms with Crippen LogP contribution in [-0.2, 0) is 11.0 Å². The van der Waals surface area contributed by atoms with Gasteiger partial charge in [-0.25, -0.2) is 0 Å². The molecule has 3 heterocycles. The van der Waals surface area contributed by atoms with Crippen molar-refractivity contribution in [2.75, 3.05) is 0 Å². The molecule has 1 aromatic carbocycles. The minimum Gasteiger partial charge on any atom is -0.482 e. The monoisotopic (exact) mass is 328 g/mol. The van der Waals surface area contributed by atoms with Gasteiger partial charge < -0.3 is 4.74 Å². The molecule has 3 aromatic rings. The second-order valence-corrected chi connectivity index (χ2v) is 7.92. The van der Waals surface area contributed by atoms with Gasteiger partial charge in [-0.15, -0.1) is 0 Å². The summed E-state index contributed by atoms with van der Waals surface area (Å²) in [4.78, 5) is 9.02. The highest BCUT2D eigenvalue weighted by molar-refractivity contribution is 5.91. The summed E-state index contributed by atoms with van der Waals surface area (Å²) < 4.78 is 6.40. The third-order valence-electron chi connectivity index (χ3n) is 5.63. The van der Waals surface area contributed by atoms with Crippen LogP contribution >= 0.6 is 0 Å². The molecule has 25 heavy (non-hydrogen) atoms. The average Bonchev–Trinajstić information content (AvgIpc) is 2.83. The molecule has 0 amide bonds. The van der Waals surface area contributed by atoms with Crippen molar-refractivity contribution in [3.63, 3.8) is 0 Å². The van der Waals surface area contributed by atoms with Crippen molar-refractivity contribution >= 4 is 0 Å². The lowest BCUT2D eigenvalue weighted by Crippen LogP contribution is -2.30. The summed E-state index contributed by atoms with van der Waals surface area (Å²) in [5.74, 6) is 0.948. The minimum atomic E-state index is -0.390. The predicted octanol–water partition coefficient (Wildman–Crippen LogP) is 5.08. The van der Waals surface area contributed by atoms with Crippen LogP contribution in [0.4, 0.5) is 0 Å². The van der Waals surface area contributed by atoms with Crippen molar-refractivity contribution in [2.24, 2.45) is 0 Å². The zero-order chi connectivity index (χ0) is 17.4. The maximum Gasteiger partial charge on any atom is 0.130 e. The molecule has 124 valence electrons. The van der Waals surface area contributed by atoms with Gasteiger partial charge in [-0.1, -0.05) is 19.9 Å². The van der Waals surface area contributed by atoms with Crippen LogP contribution < -0.4 is 4.74 Å². The fourth-order valence-corrected chi connectivity index (χ4v) is 4.46. The van der Waals surface area contributed by atoms with Gasteiger partial charge in [-0.3, -0.25) is 9.97 Å². The highest BCUT2D eigenvalue weighted by Crippen LogP contribution is 2.56. The summed E-state index contributed by atoms with van der Waals surface area (Å²) in [5.41, 5.74) is 7.93. The molecule has 3 heteroatoms. The third-order valence-corrected chi connectivity index (χ3v) is 5.63. The van der Waals surface area contributed by atoms with Crippen LogP contribution in [0.2, 0.25) is 0 Å². The lowest BCUT2D eigenvalue weighted by atomic mass is 9.76. The second kappa shape index (κ2) is 4.48. The maximum atomic E-state index is 6.40. The number of ether oxygens (including phenoxy) is 1. The Morgan fingerprint density at radius 2 is 1.72 bits per heavy atom. The Morgan fingerprint density at radius 1 is 0.880 bits per heavy atom. The molecule has 0 N–H and O–H groups in total. The Labute approximate surface area is 147 Å². The SMILES string of the molecule is CC1(C)Oc2ccc3c(c2-c2ccncc21)C(C)(C)c1cccnc1-3. The molecule has 0 radical (unpaired) electrons. The molecule has 0 fully saturated rings. The minimum absolute atomic E-state index is 0.115. The van der Waals surface area contributed by atoms with E-state index in [2.05, 4.69) is 61.9 Å². The molecule has 1 aliphatic carbocycles. The van der Waals surface area contributed by atoms with E-state index in [9.17, 15) is 0 Å². The maximum absolute atomic E-state index is 6.40. The first-order chi connectivity index (χ1) is 11.9. The highest BCUT2D eigenvalue weighted by atomic mass is 16.5. The number of pyridine rings is 2. The van der Waals surface area contributed by atoms with Gasteiger partial charge in [0.1, 0.15) is 11.4 Å². The third kappa shape index (κ3) is 1.76. The number of rotatable bonds is 0. The summed E-state index contributed by atoms with van der Waals surface area (Å²) in [6, 6.07) is 10.6. The predicted molar refractivity (Wildman–Crippen MR) is 98.7 cm³/mol. The van der Waals surface area contributed by atoms with E-state index in [-0.39, 0.29) is 5.41 Å². The van der Waals surface area contributed by atoms with Gasteiger partial charge >= 0.3 is 0 Å². The quantitative estimate of drug-likeness (QED) is 0.577. The fraction of sp³-hybridized carbons (Fsp3) is 0.273. The van der Waals surface area contributed by atoms with Crippen LogP contribution in [0.5, 0.6) is 5.75 Å². The standard InChI is InChI=1S/C22H20N2O/c1-21(2)15-6-5-10-24-20(15)14-7-8-17-18(19(14)21)13-9-11-23-12-16(13)22(3,4)25-17/h5-12H,1-4H3. The number of benzene rings is 1. The molecule has 0 saturated heterocycles. The van der Waals surface area contributed by atoms with E-state index in [0.29, 0.717) is 0 Å². The summed E-state index contributed by atoms with van der Waals surface area (Å²) in [7, 11) is 0. The molecule has 0 saturated carbocycles. The van der Waals surface area contributed by atoms with Crippen LogP contribution in [0, 0.1) is 0 Å². The van der Waals surface area contributed by atoms with Crippen molar-refractivity contribution < 1.29 is 4.74 Å². The summed E-state index contributed by atoms with van der Waals surface area (Å²) in [6.45, 7) is 8.76. The van der Waals surface area contributed by atoms with E-state index in [1.165, 1.54) is 27.8 Å². The topological polar surface area (TPSA) is 35.0 Å². The van der Waals surface area contributed by atoms with Crippen molar-refractivity contribution in [2.45, 2.75) is 38.7 Å². The molecule has 0 unspecified atom stereocenters. The molecule has 2 aliphatic rings.